The molecule has 4 nitrogen and oxygen atoms in total. The Labute approximate surface area is 107 Å². The molecule has 1 fully saturated rings. The summed E-state index contributed by atoms with van der Waals surface area (Å²) in [7, 11) is 0. The first kappa shape index (κ1) is 12.9. The number of hydrogen-bond donors (Lipinski definition) is 3. The molecule has 0 aliphatic carbocycles. The molecule has 0 saturated carbocycles. The lowest BCUT2D eigenvalue weighted by molar-refractivity contribution is 0.0922. The largest absolute Gasteiger partial charge is 0.508 e. The van der Waals surface area contributed by atoms with Crippen molar-refractivity contribution in [2.75, 3.05) is 19.6 Å². The van der Waals surface area contributed by atoms with Gasteiger partial charge in [0.25, 0.3) is 5.91 Å². The molecule has 0 bridgehead atoms. The van der Waals surface area contributed by atoms with Crippen molar-refractivity contribution >= 4 is 5.91 Å². The molecule has 0 spiro atoms. The van der Waals surface area contributed by atoms with Crippen LogP contribution in [0.5, 0.6) is 5.75 Å². The molecule has 2 rings (SSSR count). The van der Waals surface area contributed by atoms with E-state index in [-0.39, 0.29) is 17.1 Å². The van der Waals surface area contributed by atoms with E-state index in [4.69, 9.17) is 0 Å². The Balaban J connectivity index is 1.92. The average Bonchev–Trinajstić information content (AvgIpc) is 2.37. The molecule has 1 amide bonds. The maximum absolute atomic E-state index is 11.9. The van der Waals surface area contributed by atoms with Crippen molar-refractivity contribution in [2.45, 2.75) is 19.8 Å². The first-order valence-corrected chi connectivity index (χ1v) is 6.37. The lowest BCUT2D eigenvalue weighted by atomic mass is 9.81. The van der Waals surface area contributed by atoms with Gasteiger partial charge in [-0.25, -0.2) is 0 Å². The number of benzene rings is 1. The smallest absolute Gasteiger partial charge is 0.251 e. The highest BCUT2D eigenvalue weighted by Crippen LogP contribution is 2.26. The predicted octanol–water partition coefficient (Wildman–Crippen LogP) is 1.51. The van der Waals surface area contributed by atoms with Gasteiger partial charge in [0, 0.05) is 12.1 Å². The maximum atomic E-state index is 11.9. The predicted molar refractivity (Wildman–Crippen MR) is 70.7 cm³/mol. The zero-order chi connectivity index (χ0) is 13.0. The minimum Gasteiger partial charge on any atom is -0.508 e. The molecule has 3 N–H and O–H groups in total. The number of nitrogens with one attached hydrogen (secondary N) is 2. The monoisotopic (exact) mass is 248 g/mol. The molecule has 0 unspecified atom stereocenters. The highest BCUT2D eigenvalue weighted by Gasteiger charge is 2.27. The van der Waals surface area contributed by atoms with E-state index in [2.05, 4.69) is 17.6 Å². The number of hydrogen-bond acceptors (Lipinski definition) is 3. The van der Waals surface area contributed by atoms with Gasteiger partial charge in [-0.3, -0.25) is 4.79 Å². The third-order valence-electron chi connectivity index (χ3n) is 3.59. The van der Waals surface area contributed by atoms with Crippen LogP contribution in [0.3, 0.4) is 0 Å². The van der Waals surface area contributed by atoms with E-state index in [1.54, 1.807) is 18.2 Å². The van der Waals surface area contributed by atoms with Crippen LogP contribution in [-0.2, 0) is 0 Å². The Kier molecular flexibility index (Phi) is 3.87. The second-order valence-corrected chi connectivity index (χ2v) is 5.29. The SMILES string of the molecule is CC1(CNC(=O)c2cccc(O)c2)CCNCC1. The molecule has 1 aromatic carbocycles. The third kappa shape index (κ3) is 3.23. The number of amides is 1. The number of carbonyl (C=O) groups is 1. The number of piperidine rings is 1. The zero-order valence-corrected chi connectivity index (χ0v) is 10.7. The summed E-state index contributed by atoms with van der Waals surface area (Å²) in [4.78, 5) is 11.9. The summed E-state index contributed by atoms with van der Waals surface area (Å²) >= 11 is 0. The third-order valence-corrected chi connectivity index (χ3v) is 3.59. The molecule has 1 aliphatic rings. The first-order chi connectivity index (χ1) is 8.59. The topological polar surface area (TPSA) is 61.4 Å². The molecular formula is C14H20N2O2. The minimum absolute atomic E-state index is 0.120. The average molecular weight is 248 g/mol. The highest BCUT2D eigenvalue weighted by molar-refractivity contribution is 5.94. The van der Waals surface area contributed by atoms with Crippen molar-refractivity contribution < 1.29 is 9.90 Å². The molecular weight excluding hydrogens is 228 g/mol. The van der Waals surface area contributed by atoms with Gasteiger partial charge in [-0.2, -0.15) is 0 Å². The van der Waals surface area contributed by atoms with E-state index in [0.29, 0.717) is 12.1 Å². The van der Waals surface area contributed by atoms with Crippen LogP contribution in [0.2, 0.25) is 0 Å². The Hall–Kier alpha value is -1.55. The molecule has 1 aliphatic heterocycles. The van der Waals surface area contributed by atoms with E-state index in [0.717, 1.165) is 25.9 Å². The highest BCUT2D eigenvalue weighted by atomic mass is 16.3. The quantitative estimate of drug-likeness (QED) is 0.760. The second kappa shape index (κ2) is 5.40. The second-order valence-electron chi connectivity index (χ2n) is 5.29. The van der Waals surface area contributed by atoms with Gasteiger partial charge in [-0.1, -0.05) is 13.0 Å². The molecule has 0 radical (unpaired) electrons. The molecule has 18 heavy (non-hydrogen) atoms. The van der Waals surface area contributed by atoms with Crippen molar-refractivity contribution in [1.29, 1.82) is 0 Å². The summed E-state index contributed by atoms with van der Waals surface area (Å²) in [6.45, 7) is 4.91. The van der Waals surface area contributed by atoms with Gasteiger partial charge in [-0.05, 0) is 49.5 Å². The van der Waals surface area contributed by atoms with Gasteiger partial charge < -0.3 is 15.7 Å². The number of rotatable bonds is 3. The van der Waals surface area contributed by atoms with E-state index in [9.17, 15) is 9.90 Å². The number of aromatic hydroxyl groups is 1. The molecule has 0 atom stereocenters. The van der Waals surface area contributed by atoms with E-state index >= 15 is 0 Å². The minimum atomic E-state index is -0.120. The van der Waals surface area contributed by atoms with Gasteiger partial charge in [0.2, 0.25) is 0 Å². The van der Waals surface area contributed by atoms with Gasteiger partial charge >= 0.3 is 0 Å². The lowest BCUT2D eigenvalue weighted by Gasteiger charge is -2.34. The molecule has 98 valence electrons. The Morgan fingerprint density at radius 2 is 2.17 bits per heavy atom. The van der Waals surface area contributed by atoms with Gasteiger partial charge in [-0.15, -0.1) is 0 Å². The molecule has 1 aromatic rings. The summed E-state index contributed by atoms with van der Waals surface area (Å²) in [5.41, 5.74) is 0.685. The van der Waals surface area contributed by atoms with Crippen LogP contribution in [0, 0.1) is 5.41 Å². The van der Waals surface area contributed by atoms with Crippen LogP contribution >= 0.6 is 0 Å². The summed E-state index contributed by atoms with van der Waals surface area (Å²) in [6, 6.07) is 6.43. The Morgan fingerprint density at radius 3 is 2.83 bits per heavy atom. The number of phenolic OH excluding ortho intramolecular Hbond substituents is 1. The zero-order valence-electron chi connectivity index (χ0n) is 10.7. The molecule has 1 heterocycles. The van der Waals surface area contributed by atoms with Gasteiger partial charge in [0.15, 0.2) is 0 Å². The van der Waals surface area contributed by atoms with Crippen molar-refractivity contribution in [3.63, 3.8) is 0 Å². The van der Waals surface area contributed by atoms with Crippen molar-refractivity contribution in [1.82, 2.24) is 10.6 Å². The number of carbonyl (C=O) groups excluding carboxylic acids is 1. The maximum Gasteiger partial charge on any atom is 0.251 e. The fourth-order valence-corrected chi connectivity index (χ4v) is 2.25. The van der Waals surface area contributed by atoms with Crippen LogP contribution in [-0.4, -0.2) is 30.6 Å². The van der Waals surface area contributed by atoms with Crippen molar-refractivity contribution in [3.8, 4) is 5.75 Å². The van der Waals surface area contributed by atoms with Crippen LogP contribution in [0.4, 0.5) is 0 Å². The van der Waals surface area contributed by atoms with Gasteiger partial charge in [0.1, 0.15) is 5.75 Å². The molecule has 0 aromatic heterocycles. The first-order valence-electron chi connectivity index (χ1n) is 6.37. The van der Waals surface area contributed by atoms with Crippen molar-refractivity contribution in [3.05, 3.63) is 29.8 Å². The number of phenols is 1. The fourth-order valence-electron chi connectivity index (χ4n) is 2.25. The van der Waals surface area contributed by atoms with Crippen molar-refractivity contribution in [2.24, 2.45) is 5.41 Å². The standard InChI is InChI=1S/C14H20N2O2/c1-14(5-7-15-8-6-14)10-16-13(18)11-3-2-4-12(17)9-11/h2-4,9,15,17H,5-8,10H2,1H3,(H,16,18). The summed E-state index contributed by atoms with van der Waals surface area (Å²) in [5.74, 6) is 0.00128. The van der Waals surface area contributed by atoms with E-state index < -0.39 is 0 Å². The van der Waals surface area contributed by atoms with Gasteiger partial charge in [0.05, 0.1) is 0 Å². The summed E-state index contributed by atoms with van der Waals surface area (Å²) < 4.78 is 0. The normalized spacial score (nSPS) is 18.3. The Morgan fingerprint density at radius 1 is 1.44 bits per heavy atom. The van der Waals surface area contributed by atoms with Crippen LogP contribution < -0.4 is 10.6 Å². The van der Waals surface area contributed by atoms with Crippen LogP contribution in [0.15, 0.2) is 24.3 Å². The lowest BCUT2D eigenvalue weighted by Crippen LogP contribution is -2.42. The van der Waals surface area contributed by atoms with Crippen LogP contribution in [0.25, 0.3) is 0 Å². The van der Waals surface area contributed by atoms with Crippen LogP contribution in [0.1, 0.15) is 30.1 Å². The fraction of sp³-hybridized carbons (Fsp3) is 0.500. The van der Waals surface area contributed by atoms with E-state index in [1.807, 2.05) is 0 Å². The summed E-state index contributed by atoms with van der Waals surface area (Å²) in [6.07, 6.45) is 2.15. The Bertz CT molecular complexity index is 426. The van der Waals surface area contributed by atoms with E-state index in [1.165, 1.54) is 6.07 Å². The summed E-state index contributed by atoms with van der Waals surface area (Å²) in [5, 5.41) is 15.6. The molecule has 1 saturated heterocycles. The molecule has 4 heteroatoms.